The van der Waals surface area contributed by atoms with Crippen molar-refractivity contribution in [2.45, 2.75) is 26.2 Å². The van der Waals surface area contributed by atoms with Crippen molar-refractivity contribution in [3.05, 3.63) is 64.4 Å². The molecule has 2 heterocycles. The molecule has 0 aliphatic carbocycles. The highest BCUT2D eigenvalue weighted by molar-refractivity contribution is 6.31. The molecule has 1 fully saturated rings. The van der Waals surface area contributed by atoms with Crippen molar-refractivity contribution in [3.63, 3.8) is 0 Å². The predicted octanol–water partition coefficient (Wildman–Crippen LogP) is 5.78. The molecule has 3 aromatic rings. The number of nitrogens with zero attached hydrogens (tertiary/aromatic N) is 1. The van der Waals surface area contributed by atoms with Crippen LogP contribution in [0.15, 0.2) is 46.9 Å². The van der Waals surface area contributed by atoms with Crippen molar-refractivity contribution in [3.8, 4) is 5.75 Å². The Hall–Kier alpha value is -2.01. The highest BCUT2D eigenvalue weighted by Crippen LogP contribution is 2.31. The fraction of sp³-hybridized carbons (Fsp3) is 0.348. The van der Waals surface area contributed by atoms with Crippen molar-refractivity contribution in [2.75, 3.05) is 26.2 Å². The third-order valence-electron chi connectivity index (χ3n) is 5.26. The first-order chi connectivity index (χ1) is 13.7. The van der Waals surface area contributed by atoms with Crippen LogP contribution in [-0.2, 0) is 6.42 Å². The normalized spacial score (nSPS) is 14.1. The molecule has 0 amide bonds. The van der Waals surface area contributed by atoms with E-state index in [2.05, 4.69) is 4.90 Å². The van der Waals surface area contributed by atoms with Gasteiger partial charge in [0.25, 0.3) is 0 Å². The van der Waals surface area contributed by atoms with Gasteiger partial charge in [-0.3, -0.25) is 4.79 Å². The molecule has 0 bridgehead atoms. The molecule has 1 saturated heterocycles. The number of likely N-dealkylation sites (tertiary alicyclic amines) is 1. The fourth-order valence-electron chi connectivity index (χ4n) is 3.83. The molecule has 1 aliphatic rings. The molecule has 1 aromatic heterocycles. The van der Waals surface area contributed by atoms with E-state index in [4.69, 9.17) is 20.8 Å². The Morgan fingerprint density at radius 3 is 2.55 bits per heavy atom. The topological polar surface area (TPSA) is 42.7 Å². The highest BCUT2D eigenvalue weighted by atomic mass is 35.5. The van der Waals surface area contributed by atoms with E-state index in [-0.39, 0.29) is 18.2 Å². The van der Waals surface area contributed by atoms with Gasteiger partial charge < -0.3 is 14.1 Å². The molecule has 0 unspecified atom stereocenters. The lowest BCUT2D eigenvalue weighted by Gasteiger charge is -2.14. The third-order valence-corrected chi connectivity index (χ3v) is 5.50. The van der Waals surface area contributed by atoms with Crippen LogP contribution in [0.25, 0.3) is 11.0 Å². The summed E-state index contributed by atoms with van der Waals surface area (Å²) in [6.07, 6.45) is 3.26. The zero-order valence-corrected chi connectivity index (χ0v) is 18.0. The summed E-state index contributed by atoms with van der Waals surface area (Å²) in [5.41, 5.74) is 2.24. The smallest absolute Gasteiger partial charge is 0.228 e. The second-order valence-corrected chi connectivity index (χ2v) is 7.57. The number of benzene rings is 2. The average Bonchev–Trinajstić information content (AvgIpc) is 3.34. The maximum absolute atomic E-state index is 13.2. The lowest BCUT2D eigenvalue weighted by molar-refractivity contribution is 0.101. The zero-order valence-electron chi connectivity index (χ0n) is 16.4. The number of ether oxygens (including phenoxy) is 1. The maximum atomic E-state index is 13.2. The largest absolute Gasteiger partial charge is 0.494 e. The van der Waals surface area contributed by atoms with Crippen molar-refractivity contribution in [1.29, 1.82) is 0 Å². The number of hydrogen-bond acceptors (Lipinski definition) is 4. The van der Waals surface area contributed by atoms with Crippen LogP contribution in [0.3, 0.4) is 0 Å². The predicted molar refractivity (Wildman–Crippen MR) is 119 cm³/mol. The van der Waals surface area contributed by atoms with Crippen LogP contribution in [0, 0.1) is 0 Å². The van der Waals surface area contributed by atoms with E-state index >= 15 is 0 Å². The number of hydrogen-bond donors (Lipinski definition) is 0. The number of fused-ring (bicyclic) bond motifs is 1. The molecule has 154 valence electrons. The van der Waals surface area contributed by atoms with Crippen molar-refractivity contribution < 1.29 is 13.9 Å². The maximum Gasteiger partial charge on any atom is 0.228 e. The number of ketones is 1. The summed E-state index contributed by atoms with van der Waals surface area (Å²) in [4.78, 5) is 15.6. The standard InChI is InChI=1S/C23H24ClNO3.ClH/c1-2-27-18-8-5-16(6-9-18)22(26)23-19(11-14-25-12-3-4-13-25)20-15-17(24)7-10-21(20)28-23;/h5-10,15H,2-4,11-14H2,1H3;1H. The Balaban J connectivity index is 0.00000240. The van der Waals surface area contributed by atoms with Crippen LogP contribution in [-0.4, -0.2) is 36.9 Å². The van der Waals surface area contributed by atoms with E-state index in [9.17, 15) is 4.79 Å². The molecule has 0 saturated carbocycles. The van der Waals surface area contributed by atoms with Gasteiger partial charge in [-0.1, -0.05) is 11.6 Å². The Bertz CT molecular complexity index is 976. The summed E-state index contributed by atoms with van der Waals surface area (Å²) in [7, 11) is 0. The van der Waals surface area contributed by atoms with Gasteiger partial charge in [0, 0.05) is 28.1 Å². The monoisotopic (exact) mass is 433 g/mol. The molecular formula is C23H25Cl2NO3. The van der Waals surface area contributed by atoms with E-state index in [1.54, 1.807) is 18.2 Å². The van der Waals surface area contributed by atoms with Gasteiger partial charge in [-0.25, -0.2) is 0 Å². The van der Waals surface area contributed by atoms with Crippen molar-refractivity contribution in [1.82, 2.24) is 4.90 Å². The minimum absolute atomic E-state index is 0. The van der Waals surface area contributed by atoms with Gasteiger partial charge in [0.1, 0.15) is 11.3 Å². The summed E-state index contributed by atoms with van der Waals surface area (Å²) >= 11 is 6.22. The van der Waals surface area contributed by atoms with Gasteiger partial charge in [0.2, 0.25) is 5.78 Å². The summed E-state index contributed by atoms with van der Waals surface area (Å²) in [6.45, 7) is 5.70. The number of carbonyl (C=O) groups excluding carboxylic acids is 1. The molecular weight excluding hydrogens is 409 g/mol. The van der Waals surface area contributed by atoms with Crippen LogP contribution < -0.4 is 4.74 Å². The van der Waals surface area contributed by atoms with Gasteiger partial charge in [0.05, 0.1) is 6.61 Å². The van der Waals surface area contributed by atoms with Gasteiger partial charge in [0.15, 0.2) is 5.76 Å². The second-order valence-electron chi connectivity index (χ2n) is 7.14. The van der Waals surface area contributed by atoms with Gasteiger partial charge in [-0.05, 0) is 81.7 Å². The Morgan fingerprint density at radius 1 is 1.14 bits per heavy atom. The molecule has 4 rings (SSSR count). The summed E-state index contributed by atoms with van der Waals surface area (Å²) in [5, 5.41) is 1.58. The van der Waals surface area contributed by atoms with Crippen LogP contribution in [0.5, 0.6) is 5.75 Å². The Labute approximate surface area is 182 Å². The SMILES string of the molecule is CCOc1ccc(C(=O)c2oc3ccc(Cl)cc3c2CCN2CCCC2)cc1.Cl. The number of halogens is 2. The Kier molecular flexibility index (Phi) is 7.23. The minimum atomic E-state index is -0.105. The minimum Gasteiger partial charge on any atom is -0.494 e. The molecule has 0 N–H and O–H groups in total. The first-order valence-electron chi connectivity index (χ1n) is 9.86. The van der Waals surface area contributed by atoms with Crippen molar-refractivity contribution in [2.24, 2.45) is 0 Å². The van der Waals surface area contributed by atoms with E-state index in [1.165, 1.54) is 12.8 Å². The van der Waals surface area contributed by atoms with E-state index in [0.29, 0.717) is 28.5 Å². The van der Waals surface area contributed by atoms with Crippen LogP contribution in [0.1, 0.15) is 41.4 Å². The lowest BCUT2D eigenvalue weighted by Crippen LogP contribution is -2.22. The lowest BCUT2D eigenvalue weighted by atomic mass is 10.0. The quantitative estimate of drug-likeness (QED) is 0.443. The summed E-state index contributed by atoms with van der Waals surface area (Å²) in [6, 6.07) is 12.7. The first kappa shape index (κ1) is 21.7. The van der Waals surface area contributed by atoms with E-state index < -0.39 is 0 Å². The van der Waals surface area contributed by atoms with Crippen LogP contribution >= 0.6 is 24.0 Å². The van der Waals surface area contributed by atoms with Gasteiger partial charge in [-0.2, -0.15) is 0 Å². The molecule has 0 radical (unpaired) electrons. The fourth-order valence-corrected chi connectivity index (χ4v) is 4.00. The third kappa shape index (κ3) is 4.77. The van der Waals surface area contributed by atoms with E-state index in [0.717, 1.165) is 42.8 Å². The van der Waals surface area contributed by atoms with Gasteiger partial charge >= 0.3 is 0 Å². The first-order valence-corrected chi connectivity index (χ1v) is 10.2. The number of rotatable bonds is 7. The van der Waals surface area contributed by atoms with E-state index in [1.807, 2.05) is 31.2 Å². The number of carbonyl (C=O) groups is 1. The summed E-state index contributed by atoms with van der Waals surface area (Å²) < 4.78 is 11.5. The second kappa shape index (κ2) is 9.66. The van der Waals surface area contributed by atoms with Crippen LogP contribution in [0.4, 0.5) is 0 Å². The molecule has 29 heavy (non-hydrogen) atoms. The average molecular weight is 434 g/mol. The van der Waals surface area contributed by atoms with Crippen LogP contribution in [0.2, 0.25) is 5.02 Å². The molecule has 0 spiro atoms. The highest BCUT2D eigenvalue weighted by Gasteiger charge is 2.23. The molecule has 6 heteroatoms. The van der Waals surface area contributed by atoms with Gasteiger partial charge in [-0.15, -0.1) is 12.4 Å². The number of furan rings is 1. The molecule has 0 atom stereocenters. The Morgan fingerprint density at radius 2 is 1.86 bits per heavy atom. The van der Waals surface area contributed by atoms with Crippen molar-refractivity contribution >= 4 is 40.8 Å². The summed E-state index contributed by atoms with van der Waals surface area (Å²) in [5.74, 6) is 1.07. The molecule has 4 nitrogen and oxygen atoms in total. The zero-order chi connectivity index (χ0) is 19.5. The molecule has 1 aliphatic heterocycles. The molecule has 2 aromatic carbocycles.